The van der Waals surface area contributed by atoms with Crippen molar-refractivity contribution < 1.29 is 9.59 Å². The summed E-state index contributed by atoms with van der Waals surface area (Å²) >= 11 is 0. The highest BCUT2D eigenvalue weighted by molar-refractivity contribution is 6.25. The van der Waals surface area contributed by atoms with Gasteiger partial charge in [0, 0.05) is 12.0 Å². The van der Waals surface area contributed by atoms with Gasteiger partial charge in [-0.05, 0) is 31.7 Å². The van der Waals surface area contributed by atoms with Gasteiger partial charge < -0.3 is 5.32 Å². The number of hydrogen-bond acceptors (Lipinski definition) is 3. The maximum Gasteiger partial charge on any atom is 0.198 e. The summed E-state index contributed by atoms with van der Waals surface area (Å²) in [5.74, 6) is 0.385. The van der Waals surface area contributed by atoms with Crippen molar-refractivity contribution in [2.45, 2.75) is 39.2 Å². The van der Waals surface area contributed by atoms with Gasteiger partial charge in [-0.2, -0.15) is 0 Å². The molecule has 0 radical (unpaired) electrons. The highest BCUT2D eigenvalue weighted by Crippen LogP contribution is 2.20. The maximum absolute atomic E-state index is 11.2. The van der Waals surface area contributed by atoms with Crippen LogP contribution in [0, 0.1) is 11.8 Å². The summed E-state index contributed by atoms with van der Waals surface area (Å²) in [6.07, 6.45) is 3.20. The second-order valence-electron chi connectivity index (χ2n) is 4.52. The number of aldehydes is 1. The molecule has 3 heteroatoms. The molecule has 0 aromatic rings. The zero-order chi connectivity index (χ0) is 10.6. The van der Waals surface area contributed by atoms with Crippen LogP contribution in [0.25, 0.3) is 0 Å². The number of hydrogen-bond donors (Lipinski definition) is 1. The fourth-order valence-corrected chi connectivity index (χ4v) is 2.11. The molecule has 14 heavy (non-hydrogen) atoms. The van der Waals surface area contributed by atoms with Crippen molar-refractivity contribution in [2.75, 3.05) is 6.54 Å². The minimum Gasteiger partial charge on any atom is -0.314 e. The lowest BCUT2D eigenvalue weighted by Gasteiger charge is -2.29. The van der Waals surface area contributed by atoms with Gasteiger partial charge in [0.1, 0.15) is 0 Å². The number of Topliss-reactive ketones (excluding diaryl/α,β-unsaturated/α-hetero) is 1. The molecule has 1 aliphatic rings. The van der Waals surface area contributed by atoms with Crippen molar-refractivity contribution in [3.63, 3.8) is 0 Å². The zero-order valence-electron chi connectivity index (χ0n) is 8.95. The van der Waals surface area contributed by atoms with Crippen LogP contribution in [0.4, 0.5) is 0 Å². The molecule has 3 nitrogen and oxygen atoms in total. The van der Waals surface area contributed by atoms with Gasteiger partial charge in [0.25, 0.3) is 0 Å². The summed E-state index contributed by atoms with van der Waals surface area (Å²) in [4.78, 5) is 21.6. The molecule has 2 atom stereocenters. The topological polar surface area (TPSA) is 46.2 Å². The highest BCUT2D eigenvalue weighted by Gasteiger charge is 2.26. The van der Waals surface area contributed by atoms with E-state index in [1.165, 1.54) is 0 Å². The Labute approximate surface area is 85.3 Å². The average molecular weight is 197 g/mol. The van der Waals surface area contributed by atoms with Crippen molar-refractivity contribution in [1.29, 1.82) is 0 Å². The zero-order valence-corrected chi connectivity index (χ0v) is 8.95. The Balaban J connectivity index is 2.43. The van der Waals surface area contributed by atoms with Crippen molar-refractivity contribution in [3.05, 3.63) is 0 Å². The minimum atomic E-state index is -0.222. The minimum absolute atomic E-state index is 0.0301. The molecule has 1 N–H and O–H groups in total. The first-order valence-corrected chi connectivity index (χ1v) is 5.36. The van der Waals surface area contributed by atoms with Gasteiger partial charge in [-0.3, -0.25) is 9.59 Å². The van der Waals surface area contributed by atoms with E-state index >= 15 is 0 Å². The average Bonchev–Trinajstić information content (AvgIpc) is 2.16. The van der Waals surface area contributed by atoms with E-state index in [1.54, 1.807) is 0 Å². The summed E-state index contributed by atoms with van der Waals surface area (Å²) in [6, 6.07) is 0.414. The standard InChI is InChI=1S/C11H19NO2/c1-8(2)5-10-6-9(3-4-12-10)11(14)7-13/h7-10,12H,3-6H2,1-2H3. The second kappa shape index (κ2) is 5.25. The van der Waals surface area contributed by atoms with Crippen LogP contribution in [0.5, 0.6) is 0 Å². The summed E-state index contributed by atoms with van der Waals surface area (Å²) in [5, 5.41) is 3.39. The van der Waals surface area contributed by atoms with Crippen LogP contribution in [0.3, 0.4) is 0 Å². The first kappa shape index (κ1) is 11.4. The van der Waals surface area contributed by atoms with E-state index in [1.807, 2.05) is 0 Å². The van der Waals surface area contributed by atoms with Crippen LogP contribution in [0.1, 0.15) is 33.1 Å². The Morgan fingerprint density at radius 2 is 2.29 bits per heavy atom. The molecule has 0 aromatic carbocycles. The molecule has 1 saturated heterocycles. The largest absolute Gasteiger partial charge is 0.314 e. The van der Waals surface area contributed by atoms with Gasteiger partial charge in [-0.15, -0.1) is 0 Å². The van der Waals surface area contributed by atoms with Crippen molar-refractivity contribution in [2.24, 2.45) is 11.8 Å². The lowest BCUT2D eigenvalue weighted by Crippen LogP contribution is -2.41. The number of ketones is 1. The molecule has 1 aliphatic heterocycles. The molecule has 0 spiro atoms. The smallest absolute Gasteiger partial charge is 0.198 e. The van der Waals surface area contributed by atoms with Crippen LogP contribution in [-0.2, 0) is 9.59 Å². The summed E-state index contributed by atoms with van der Waals surface area (Å²) < 4.78 is 0. The van der Waals surface area contributed by atoms with Gasteiger partial charge in [0.2, 0.25) is 0 Å². The molecular weight excluding hydrogens is 178 g/mol. The van der Waals surface area contributed by atoms with Crippen molar-refractivity contribution in [3.8, 4) is 0 Å². The SMILES string of the molecule is CC(C)CC1CC(C(=O)C=O)CCN1. The monoisotopic (exact) mass is 197 g/mol. The van der Waals surface area contributed by atoms with E-state index < -0.39 is 0 Å². The van der Waals surface area contributed by atoms with Crippen LogP contribution in [-0.4, -0.2) is 24.7 Å². The van der Waals surface area contributed by atoms with E-state index in [-0.39, 0.29) is 11.7 Å². The Morgan fingerprint density at radius 1 is 1.57 bits per heavy atom. The summed E-state index contributed by atoms with van der Waals surface area (Å²) in [7, 11) is 0. The first-order valence-electron chi connectivity index (χ1n) is 5.36. The number of carbonyl (C=O) groups is 2. The molecule has 0 bridgehead atoms. The van der Waals surface area contributed by atoms with Gasteiger partial charge in [-0.1, -0.05) is 13.8 Å². The summed E-state index contributed by atoms with van der Waals surface area (Å²) in [6.45, 7) is 5.21. The maximum atomic E-state index is 11.2. The fourth-order valence-electron chi connectivity index (χ4n) is 2.11. The molecule has 0 amide bonds. The Morgan fingerprint density at radius 3 is 2.86 bits per heavy atom. The van der Waals surface area contributed by atoms with Crippen LogP contribution >= 0.6 is 0 Å². The van der Waals surface area contributed by atoms with Crippen LogP contribution in [0.15, 0.2) is 0 Å². The number of carbonyl (C=O) groups excluding carboxylic acids is 2. The number of nitrogens with one attached hydrogen (secondary N) is 1. The van der Waals surface area contributed by atoms with Crippen LogP contribution in [0.2, 0.25) is 0 Å². The Kier molecular flexibility index (Phi) is 4.26. The third-order valence-corrected chi connectivity index (χ3v) is 2.77. The summed E-state index contributed by atoms with van der Waals surface area (Å²) in [5.41, 5.74) is 0. The number of rotatable bonds is 4. The molecule has 0 aliphatic carbocycles. The van der Waals surface area contributed by atoms with Gasteiger partial charge in [0.05, 0.1) is 0 Å². The molecule has 80 valence electrons. The molecular formula is C11H19NO2. The second-order valence-corrected chi connectivity index (χ2v) is 4.52. The fraction of sp³-hybridized carbons (Fsp3) is 0.818. The van der Waals surface area contributed by atoms with E-state index in [9.17, 15) is 9.59 Å². The third-order valence-electron chi connectivity index (χ3n) is 2.77. The Bertz CT molecular complexity index is 213. The van der Waals surface area contributed by atoms with E-state index in [4.69, 9.17) is 0 Å². The molecule has 0 aromatic heterocycles. The van der Waals surface area contributed by atoms with E-state index in [0.717, 1.165) is 25.8 Å². The quantitative estimate of drug-likeness (QED) is 0.543. The Hall–Kier alpha value is -0.700. The van der Waals surface area contributed by atoms with Crippen molar-refractivity contribution in [1.82, 2.24) is 5.32 Å². The predicted octanol–water partition coefficient (Wildman–Crippen LogP) is 1.17. The number of piperidine rings is 1. The first-order chi connectivity index (χ1) is 6.63. The predicted molar refractivity (Wildman–Crippen MR) is 55.0 cm³/mol. The normalized spacial score (nSPS) is 27.6. The van der Waals surface area contributed by atoms with Crippen molar-refractivity contribution >= 4 is 12.1 Å². The molecule has 1 heterocycles. The van der Waals surface area contributed by atoms with Gasteiger partial charge >= 0.3 is 0 Å². The van der Waals surface area contributed by atoms with E-state index in [2.05, 4.69) is 19.2 Å². The molecule has 0 saturated carbocycles. The molecule has 1 fully saturated rings. The highest BCUT2D eigenvalue weighted by atomic mass is 16.2. The van der Waals surface area contributed by atoms with Gasteiger partial charge in [0.15, 0.2) is 12.1 Å². The van der Waals surface area contributed by atoms with Crippen LogP contribution < -0.4 is 5.32 Å². The lowest BCUT2D eigenvalue weighted by atomic mass is 9.86. The third kappa shape index (κ3) is 3.22. The lowest BCUT2D eigenvalue weighted by molar-refractivity contribution is -0.133. The molecule has 2 unspecified atom stereocenters. The van der Waals surface area contributed by atoms with Gasteiger partial charge in [-0.25, -0.2) is 0 Å². The van der Waals surface area contributed by atoms with E-state index in [0.29, 0.717) is 18.2 Å². The molecule has 1 rings (SSSR count).